The maximum atomic E-state index is 11.9. The highest BCUT2D eigenvalue weighted by molar-refractivity contribution is 6.17. The number of hydrogen-bond donors (Lipinski definition) is 2. The van der Waals surface area contributed by atoms with Gasteiger partial charge in [0.25, 0.3) is 5.91 Å². The molecule has 0 fully saturated rings. The highest BCUT2D eigenvalue weighted by atomic mass is 35.5. The summed E-state index contributed by atoms with van der Waals surface area (Å²) in [6, 6.07) is 13.4. The minimum Gasteiger partial charge on any atom is -0.508 e. The monoisotopic (exact) mass is 261 g/mol. The summed E-state index contributed by atoms with van der Waals surface area (Å²) >= 11 is 5.73. The Balaban J connectivity index is 2.13. The van der Waals surface area contributed by atoms with Gasteiger partial charge in [-0.15, -0.1) is 11.6 Å². The summed E-state index contributed by atoms with van der Waals surface area (Å²) in [5.74, 6) is 0.320. The van der Waals surface area contributed by atoms with E-state index in [1.165, 1.54) is 12.1 Å². The third-order valence-electron chi connectivity index (χ3n) is 2.47. The number of anilines is 1. The second kappa shape index (κ2) is 5.56. The lowest BCUT2D eigenvalue weighted by atomic mass is 10.2. The van der Waals surface area contributed by atoms with E-state index in [1.807, 2.05) is 18.2 Å². The van der Waals surface area contributed by atoms with E-state index in [9.17, 15) is 4.79 Å². The van der Waals surface area contributed by atoms with Crippen LogP contribution in [0.25, 0.3) is 0 Å². The molecule has 2 N–H and O–H groups in total. The molecule has 0 aromatic heterocycles. The fourth-order valence-electron chi connectivity index (χ4n) is 1.55. The second-order valence-electron chi connectivity index (χ2n) is 3.84. The van der Waals surface area contributed by atoms with Crippen molar-refractivity contribution >= 4 is 23.2 Å². The van der Waals surface area contributed by atoms with Gasteiger partial charge < -0.3 is 10.4 Å². The van der Waals surface area contributed by atoms with Crippen LogP contribution in [0.1, 0.15) is 15.9 Å². The lowest BCUT2D eigenvalue weighted by Crippen LogP contribution is -2.11. The normalized spacial score (nSPS) is 10.1. The smallest absolute Gasteiger partial charge is 0.255 e. The van der Waals surface area contributed by atoms with Crippen LogP contribution in [0.4, 0.5) is 5.69 Å². The van der Waals surface area contributed by atoms with Crippen molar-refractivity contribution in [1.82, 2.24) is 0 Å². The third kappa shape index (κ3) is 3.02. The van der Waals surface area contributed by atoms with Gasteiger partial charge in [-0.1, -0.05) is 12.1 Å². The molecule has 2 aromatic rings. The number of phenolic OH excluding ortho intramolecular Hbond substituents is 1. The van der Waals surface area contributed by atoms with Crippen molar-refractivity contribution in [2.75, 3.05) is 5.32 Å². The highest BCUT2D eigenvalue weighted by Gasteiger charge is 2.06. The number of carbonyl (C=O) groups excluding carboxylic acids is 1. The number of benzene rings is 2. The van der Waals surface area contributed by atoms with Crippen molar-refractivity contribution in [2.24, 2.45) is 0 Å². The molecule has 4 heteroatoms. The van der Waals surface area contributed by atoms with Crippen LogP contribution in [0, 0.1) is 0 Å². The molecule has 0 aliphatic carbocycles. The van der Waals surface area contributed by atoms with Crippen molar-refractivity contribution < 1.29 is 9.90 Å². The van der Waals surface area contributed by atoms with Crippen LogP contribution in [0.3, 0.4) is 0 Å². The summed E-state index contributed by atoms with van der Waals surface area (Å²) in [5, 5.41) is 11.9. The van der Waals surface area contributed by atoms with Gasteiger partial charge in [0.1, 0.15) is 5.75 Å². The SMILES string of the molecule is O=C(Nc1cccc(CCl)c1)c1ccc(O)cc1. The lowest BCUT2D eigenvalue weighted by Gasteiger charge is -2.06. The van der Waals surface area contributed by atoms with E-state index in [1.54, 1.807) is 18.2 Å². The Morgan fingerprint density at radius 2 is 1.89 bits per heavy atom. The average Bonchev–Trinajstić information content (AvgIpc) is 2.39. The zero-order chi connectivity index (χ0) is 13.0. The Hall–Kier alpha value is -2.00. The number of nitrogens with one attached hydrogen (secondary N) is 1. The number of alkyl halides is 1. The number of phenols is 1. The van der Waals surface area contributed by atoms with Crippen LogP contribution in [-0.2, 0) is 5.88 Å². The van der Waals surface area contributed by atoms with E-state index >= 15 is 0 Å². The Kier molecular flexibility index (Phi) is 3.85. The zero-order valence-electron chi connectivity index (χ0n) is 9.56. The Bertz CT molecular complexity index is 552. The Morgan fingerprint density at radius 3 is 2.56 bits per heavy atom. The van der Waals surface area contributed by atoms with E-state index in [4.69, 9.17) is 16.7 Å². The lowest BCUT2D eigenvalue weighted by molar-refractivity contribution is 0.102. The van der Waals surface area contributed by atoms with Gasteiger partial charge >= 0.3 is 0 Å². The maximum Gasteiger partial charge on any atom is 0.255 e. The van der Waals surface area contributed by atoms with Crippen LogP contribution in [0.5, 0.6) is 5.75 Å². The first-order chi connectivity index (χ1) is 8.69. The van der Waals surface area contributed by atoms with E-state index < -0.39 is 0 Å². The molecule has 0 aliphatic heterocycles. The number of rotatable bonds is 3. The second-order valence-corrected chi connectivity index (χ2v) is 4.10. The standard InChI is InChI=1S/C14H12ClNO2/c15-9-10-2-1-3-12(8-10)16-14(18)11-4-6-13(17)7-5-11/h1-8,17H,9H2,(H,16,18). The quantitative estimate of drug-likeness (QED) is 0.832. The van der Waals surface area contributed by atoms with Crippen molar-refractivity contribution in [3.05, 3.63) is 59.7 Å². The third-order valence-corrected chi connectivity index (χ3v) is 2.78. The molecule has 0 unspecified atom stereocenters. The van der Waals surface area contributed by atoms with Gasteiger partial charge in [-0.3, -0.25) is 4.79 Å². The first kappa shape index (κ1) is 12.5. The minimum atomic E-state index is -0.221. The molecular formula is C14H12ClNO2. The van der Waals surface area contributed by atoms with Crippen LogP contribution in [-0.4, -0.2) is 11.0 Å². The molecule has 0 aliphatic rings. The number of amides is 1. The first-order valence-corrected chi connectivity index (χ1v) is 5.98. The van der Waals surface area contributed by atoms with E-state index in [-0.39, 0.29) is 11.7 Å². The summed E-state index contributed by atoms with van der Waals surface area (Å²) in [6.45, 7) is 0. The molecule has 0 heterocycles. The van der Waals surface area contributed by atoms with Crippen molar-refractivity contribution in [3.63, 3.8) is 0 Å². The molecule has 92 valence electrons. The van der Waals surface area contributed by atoms with Gasteiger partial charge in [-0.05, 0) is 42.0 Å². The molecule has 0 saturated heterocycles. The molecule has 2 aromatic carbocycles. The summed E-state index contributed by atoms with van der Waals surface area (Å²) < 4.78 is 0. The molecule has 0 radical (unpaired) electrons. The van der Waals surface area contributed by atoms with E-state index in [2.05, 4.69) is 5.32 Å². The van der Waals surface area contributed by atoms with Crippen molar-refractivity contribution in [1.29, 1.82) is 0 Å². The highest BCUT2D eigenvalue weighted by Crippen LogP contribution is 2.15. The number of halogens is 1. The van der Waals surface area contributed by atoms with E-state index in [0.29, 0.717) is 17.1 Å². The predicted molar refractivity (Wildman–Crippen MR) is 72.1 cm³/mol. The average molecular weight is 262 g/mol. The van der Waals surface area contributed by atoms with Gasteiger partial charge in [0, 0.05) is 17.1 Å². The molecule has 3 nitrogen and oxygen atoms in total. The molecule has 0 saturated carbocycles. The molecule has 0 atom stereocenters. The zero-order valence-corrected chi connectivity index (χ0v) is 10.3. The van der Waals surface area contributed by atoms with Gasteiger partial charge in [0.05, 0.1) is 0 Å². The molecule has 0 spiro atoms. The first-order valence-electron chi connectivity index (χ1n) is 5.44. The van der Waals surface area contributed by atoms with Crippen LogP contribution < -0.4 is 5.32 Å². The van der Waals surface area contributed by atoms with Gasteiger partial charge in [0.2, 0.25) is 0 Å². The van der Waals surface area contributed by atoms with Crippen LogP contribution in [0.2, 0.25) is 0 Å². The van der Waals surface area contributed by atoms with Crippen LogP contribution >= 0.6 is 11.6 Å². The molecule has 18 heavy (non-hydrogen) atoms. The number of aromatic hydroxyl groups is 1. The fourth-order valence-corrected chi connectivity index (χ4v) is 1.71. The van der Waals surface area contributed by atoms with Crippen molar-refractivity contribution in [3.8, 4) is 5.75 Å². The fraction of sp³-hybridized carbons (Fsp3) is 0.0714. The number of hydrogen-bond acceptors (Lipinski definition) is 2. The maximum absolute atomic E-state index is 11.9. The topological polar surface area (TPSA) is 49.3 Å². The summed E-state index contributed by atoms with van der Waals surface area (Å²) in [6.07, 6.45) is 0. The van der Waals surface area contributed by atoms with E-state index in [0.717, 1.165) is 5.56 Å². The summed E-state index contributed by atoms with van der Waals surface area (Å²) in [5.41, 5.74) is 2.13. The largest absolute Gasteiger partial charge is 0.508 e. The Labute approximate surface area is 110 Å². The van der Waals surface area contributed by atoms with Gasteiger partial charge in [-0.25, -0.2) is 0 Å². The molecular weight excluding hydrogens is 250 g/mol. The van der Waals surface area contributed by atoms with Crippen molar-refractivity contribution in [2.45, 2.75) is 5.88 Å². The molecule has 1 amide bonds. The Morgan fingerprint density at radius 1 is 1.17 bits per heavy atom. The van der Waals surface area contributed by atoms with Gasteiger partial charge in [0.15, 0.2) is 0 Å². The predicted octanol–water partition coefficient (Wildman–Crippen LogP) is 3.38. The molecule has 2 rings (SSSR count). The van der Waals surface area contributed by atoms with Crippen LogP contribution in [0.15, 0.2) is 48.5 Å². The minimum absolute atomic E-state index is 0.135. The molecule has 0 bridgehead atoms. The number of carbonyl (C=O) groups is 1. The summed E-state index contributed by atoms with van der Waals surface area (Å²) in [7, 11) is 0. The van der Waals surface area contributed by atoms with Gasteiger partial charge in [-0.2, -0.15) is 0 Å². The summed E-state index contributed by atoms with van der Waals surface area (Å²) in [4.78, 5) is 11.9.